The summed E-state index contributed by atoms with van der Waals surface area (Å²) in [6.07, 6.45) is 0. The highest BCUT2D eigenvalue weighted by Gasteiger charge is 2.12. The fourth-order valence-electron chi connectivity index (χ4n) is 4.30. The fraction of sp³-hybridized carbons (Fsp3) is 0.129. The Kier molecular flexibility index (Phi) is 6.56. The van der Waals surface area contributed by atoms with E-state index in [0.717, 1.165) is 50.3 Å². The maximum absolute atomic E-state index is 12.8. The number of nitrogens with zero attached hydrogens (tertiary/aromatic N) is 3. The van der Waals surface area contributed by atoms with Gasteiger partial charge >= 0.3 is 0 Å². The van der Waals surface area contributed by atoms with Gasteiger partial charge in [-0.25, -0.2) is 9.97 Å². The fourth-order valence-corrected chi connectivity index (χ4v) is 4.30. The van der Waals surface area contributed by atoms with Crippen LogP contribution in [0.25, 0.3) is 22.2 Å². The summed E-state index contributed by atoms with van der Waals surface area (Å²) >= 11 is 0. The number of hydrogen-bond donors (Lipinski definition) is 2. The van der Waals surface area contributed by atoms with E-state index in [1.54, 1.807) is 12.1 Å². The lowest BCUT2D eigenvalue weighted by Crippen LogP contribution is -2.13. The van der Waals surface area contributed by atoms with E-state index in [9.17, 15) is 4.79 Å². The van der Waals surface area contributed by atoms with Crippen LogP contribution in [0, 0.1) is 13.8 Å². The first kappa shape index (κ1) is 24.0. The van der Waals surface area contributed by atoms with Gasteiger partial charge in [-0.1, -0.05) is 48.5 Å². The molecule has 0 bridgehead atoms. The SMILES string of the molecule is Cc1cccc(C)c1NC(=O)c1ccc(Nc2nc(-c3ccc(N(C)C)cc3)c3ccccc3n2)cc1. The van der Waals surface area contributed by atoms with Crippen LogP contribution in [0.3, 0.4) is 0 Å². The summed E-state index contributed by atoms with van der Waals surface area (Å²) in [6, 6.07) is 29.6. The average Bonchev–Trinajstić information content (AvgIpc) is 2.91. The van der Waals surface area contributed by atoms with Gasteiger partial charge in [-0.2, -0.15) is 0 Å². The minimum absolute atomic E-state index is 0.144. The zero-order valence-corrected chi connectivity index (χ0v) is 21.4. The van der Waals surface area contributed by atoms with Gasteiger partial charge < -0.3 is 15.5 Å². The third-order valence-corrected chi connectivity index (χ3v) is 6.38. The third-order valence-electron chi connectivity index (χ3n) is 6.38. The maximum Gasteiger partial charge on any atom is 0.255 e. The Morgan fingerprint density at radius 3 is 2.11 bits per heavy atom. The molecule has 1 heterocycles. The molecular weight excluding hydrogens is 458 g/mol. The van der Waals surface area contributed by atoms with Crippen LogP contribution in [-0.2, 0) is 0 Å². The van der Waals surface area contributed by atoms with E-state index in [-0.39, 0.29) is 5.91 Å². The molecule has 0 aliphatic carbocycles. The molecule has 2 N–H and O–H groups in total. The Morgan fingerprint density at radius 1 is 0.757 bits per heavy atom. The molecule has 0 fully saturated rings. The summed E-state index contributed by atoms with van der Waals surface area (Å²) in [6.45, 7) is 3.98. The predicted molar refractivity (Wildman–Crippen MR) is 153 cm³/mol. The van der Waals surface area contributed by atoms with Crippen molar-refractivity contribution in [3.8, 4) is 11.3 Å². The number of para-hydroxylation sites is 2. The van der Waals surface area contributed by atoms with Gasteiger partial charge in [0.1, 0.15) is 0 Å². The van der Waals surface area contributed by atoms with Gasteiger partial charge in [0, 0.05) is 47.7 Å². The minimum atomic E-state index is -0.144. The summed E-state index contributed by atoms with van der Waals surface area (Å²) in [5.41, 5.74) is 8.17. The van der Waals surface area contributed by atoms with Crippen molar-refractivity contribution in [2.45, 2.75) is 13.8 Å². The number of aryl methyl sites for hydroxylation is 2. The van der Waals surface area contributed by atoms with E-state index >= 15 is 0 Å². The van der Waals surface area contributed by atoms with Crippen molar-refractivity contribution in [1.82, 2.24) is 9.97 Å². The normalized spacial score (nSPS) is 10.8. The van der Waals surface area contributed by atoms with Crippen molar-refractivity contribution in [2.24, 2.45) is 0 Å². The molecule has 6 heteroatoms. The number of anilines is 4. The molecular formula is C31H29N5O. The molecule has 37 heavy (non-hydrogen) atoms. The topological polar surface area (TPSA) is 70.2 Å². The Hall–Kier alpha value is -4.71. The molecule has 0 saturated heterocycles. The van der Waals surface area contributed by atoms with E-state index < -0.39 is 0 Å². The van der Waals surface area contributed by atoms with Crippen molar-refractivity contribution >= 4 is 39.8 Å². The van der Waals surface area contributed by atoms with Crippen LogP contribution in [0.1, 0.15) is 21.5 Å². The lowest BCUT2D eigenvalue weighted by molar-refractivity contribution is 0.102. The zero-order valence-electron chi connectivity index (χ0n) is 21.4. The van der Waals surface area contributed by atoms with Crippen LogP contribution in [0.2, 0.25) is 0 Å². The van der Waals surface area contributed by atoms with E-state index in [4.69, 9.17) is 9.97 Å². The molecule has 184 valence electrons. The standard InChI is InChI=1S/C31H29N5O/c1-20-8-7-9-21(2)28(20)34-30(37)23-12-16-24(17-13-23)32-31-33-27-11-6-5-10-26(27)29(35-31)22-14-18-25(19-15-22)36(3)4/h5-19H,1-4H3,(H,34,37)(H,32,33,35). The molecule has 0 aliphatic heterocycles. The van der Waals surface area contributed by atoms with Gasteiger partial charge in [-0.05, 0) is 67.4 Å². The Labute approximate surface area is 217 Å². The van der Waals surface area contributed by atoms with Crippen LogP contribution in [-0.4, -0.2) is 30.0 Å². The molecule has 1 aromatic heterocycles. The molecule has 0 aliphatic rings. The van der Waals surface area contributed by atoms with Gasteiger partial charge in [0.25, 0.3) is 5.91 Å². The number of hydrogen-bond acceptors (Lipinski definition) is 5. The van der Waals surface area contributed by atoms with E-state index in [2.05, 4.69) is 39.8 Å². The monoisotopic (exact) mass is 487 g/mol. The van der Waals surface area contributed by atoms with Gasteiger partial charge in [-0.3, -0.25) is 4.79 Å². The van der Waals surface area contributed by atoms with Crippen molar-refractivity contribution in [3.05, 3.63) is 108 Å². The molecule has 1 amide bonds. The van der Waals surface area contributed by atoms with Crippen LogP contribution < -0.4 is 15.5 Å². The molecule has 0 unspecified atom stereocenters. The molecule has 0 radical (unpaired) electrons. The second-order valence-electron chi connectivity index (χ2n) is 9.28. The molecule has 5 rings (SSSR count). The number of carbonyl (C=O) groups is 1. The van der Waals surface area contributed by atoms with Gasteiger partial charge in [0.05, 0.1) is 11.2 Å². The number of fused-ring (bicyclic) bond motifs is 1. The van der Waals surface area contributed by atoms with Crippen LogP contribution in [0.4, 0.5) is 23.0 Å². The summed E-state index contributed by atoms with van der Waals surface area (Å²) < 4.78 is 0. The maximum atomic E-state index is 12.8. The summed E-state index contributed by atoms with van der Waals surface area (Å²) in [4.78, 5) is 24.5. The Bertz CT molecular complexity index is 1550. The third kappa shape index (κ3) is 5.14. The first-order valence-electron chi connectivity index (χ1n) is 12.2. The van der Waals surface area contributed by atoms with Crippen LogP contribution >= 0.6 is 0 Å². The number of benzene rings is 4. The average molecular weight is 488 g/mol. The van der Waals surface area contributed by atoms with Crippen molar-refractivity contribution in [2.75, 3.05) is 29.6 Å². The van der Waals surface area contributed by atoms with Gasteiger partial charge in [0.15, 0.2) is 0 Å². The second kappa shape index (κ2) is 10.1. The van der Waals surface area contributed by atoms with Gasteiger partial charge in [0.2, 0.25) is 5.95 Å². The first-order valence-corrected chi connectivity index (χ1v) is 12.2. The minimum Gasteiger partial charge on any atom is -0.378 e. The van der Waals surface area contributed by atoms with E-state index in [1.165, 1.54) is 0 Å². The van der Waals surface area contributed by atoms with Crippen LogP contribution in [0.5, 0.6) is 0 Å². The first-order chi connectivity index (χ1) is 17.9. The van der Waals surface area contributed by atoms with E-state index in [0.29, 0.717) is 11.5 Å². The summed E-state index contributed by atoms with van der Waals surface area (Å²) in [5.74, 6) is 0.354. The number of aromatic nitrogens is 2. The highest BCUT2D eigenvalue weighted by Crippen LogP contribution is 2.29. The molecule has 0 spiro atoms. The highest BCUT2D eigenvalue weighted by molar-refractivity contribution is 6.05. The second-order valence-corrected chi connectivity index (χ2v) is 9.28. The molecule has 0 saturated carbocycles. The molecule has 0 atom stereocenters. The largest absolute Gasteiger partial charge is 0.378 e. The van der Waals surface area contributed by atoms with Crippen molar-refractivity contribution < 1.29 is 4.79 Å². The number of carbonyl (C=O) groups excluding carboxylic acids is 1. The van der Waals surface area contributed by atoms with E-state index in [1.807, 2.05) is 82.5 Å². The Morgan fingerprint density at radius 2 is 1.43 bits per heavy atom. The smallest absolute Gasteiger partial charge is 0.255 e. The lowest BCUT2D eigenvalue weighted by atomic mass is 10.1. The number of nitrogens with one attached hydrogen (secondary N) is 2. The number of amides is 1. The summed E-state index contributed by atoms with van der Waals surface area (Å²) in [5, 5.41) is 7.33. The van der Waals surface area contributed by atoms with Crippen molar-refractivity contribution in [1.29, 1.82) is 0 Å². The lowest BCUT2D eigenvalue weighted by Gasteiger charge is -2.14. The quantitative estimate of drug-likeness (QED) is 0.270. The predicted octanol–water partition coefficient (Wildman–Crippen LogP) is 6.98. The highest BCUT2D eigenvalue weighted by atomic mass is 16.1. The van der Waals surface area contributed by atoms with Crippen LogP contribution in [0.15, 0.2) is 91.0 Å². The zero-order chi connectivity index (χ0) is 25.9. The molecule has 4 aromatic carbocycles. The number of rotatable bonds is 6. The molecule has 5 aromatic rings. The molecule has 6 nitrogen and oxygen atoms in total. The van der Waals surface area contributed by atoms with Gasteiger partial charge in [-0.15, -0.1) is 0 Å². The van der Waals surface area contributed by atoms with Crippen molar-refractivity contribution in [3.63, 3.8) is 0 Å². The Balaban J connectivity index is 1.40. The summed E-state index contributed by atoms with van der Waals surface area (Å²) in [7, 11) is 4.05.